The molecule has 4 rings (SSSR count). The van der Waals surface area contributed by atoms with Crippen molar-refractivity contribution in [3.8, 4) is 5.75 Å². The van der Waals surface area contributed by atoms with E-state index >= 15 is 0 Å². The van der Waals surface area contributed by atoms with Crippen molar-refractivity contribution in [1.82, 2.24) is 0 Å². The number of hydrogen-bond acceptors (Lipinski definition) is 4. The van der Waals surface area contributed by atoms with Crippen molar-refractivity contribution in [2.75, 3.05) is 13.9 Å². The summed E-state index contributed by atoms with van der Waals surface area (Å²) in [6.45, 7) is 9.16. The third-order valence-electron chi connectivity index (χ3n) is 8.97. The average Bonchev–Trinajstić information content (AvgIpc) is 2.74. The van der Waals surface area contributed by atoms with E-state index in [9.17, 15) is 9.90 Å². The van der Waals surface area contributed by atoms with Crippen molar-refractivity contribution >= 4 is 5.78 Å². The summed E-state index contributed by atoms with van der Waals surface area (Å²) in [6, 6.07) is 8.00. The summed E-state index contributed by atoms with van der Waals surface area (Å²) in [5.74, 6) is 2.53. The molecule has 0 saturated heterocycles. The van der Waals surface area contributed by atoms with E-state index in [1.807, 2.05) is 18.2 Å². The lowest BCUT2D eigenvalue weighted by Gasteiger charge is -2.61. The molecule has 0 spiro atoms. The Bertz CT molecular complexity index is 755. The molecule has 0 aliphatic heterocycles. The van der Waals surface area contributed by atoms with Crippen molar-refractivity contribution in [2.24, 2.45) is 47.3 Å². The summed E-state index contributed by atoms with van der Waals surface area (Å²) in [7, 11) is 1.62. The molecule has 3 aliphatic carbocycles. The van der Waals surface area contributed by atoms with Crippen LogP contribution >= 0.6 is 0 Å². The molecule has 172 valence electrons. The molecule has 31 heavy (non-hydrogen) atoms. The number of ether oxygens (including phenoxy) is 2. The van der Waals surface area contributed by atoms with Gasteiger partial charge in [0, 0.05) is 37.2 Å². The highest BCUT2D eigenvalue weighted by molar-refractivity contribution is 5.86. The second-order valence-electron chi connectivity index (χ2n) is 10.9. The topological polar surface area (TPSA) is 55.8 Å². The second kappa shape index (κ2) is 8.86. The van der Waals surface area contributed by atoms with Crippen molar-refractivity contribution in [1.29, 1.82) is 0 Å². The van der Waals surface area contributed by atoms with E-state index in [1.165, 1.54) is 0 Å². The number of carbonyl (C=O) groups is 1. The van der Waals surface area contributed by atoms with E-state index in [0.29, 0.717) is 35.9 Å². The summed E-state index contributed by atoms with van der Waals surface area (Å²) >= 11 is 0. The van der Waals surface area contributed by atoms with Gasteiger partial charge in [0.25, 0.3) is 0 Å². The van der Waals surface area contributed by atoms with E-state index in [1.54, 1.807) is 7.11 Å². The summed E-state index contributed by atoms with van der Waals surface area (Å²) in [5.41, 5.74) is 0.113. The van der Waals surface area contributed by atoms with Crippen LogP contribution in [-0.2, 0) is 16.0 Å². The number of para-hydroxylation sites is 1. The first kappa shape index (κ1) is 22.8. The molecular weight excluding hydrogens is 388 g/mol. The molecule has 0 heterocycles. The fourth-order valence-corrected chi connectivity index (χ4v) is 7.61. The van der Waals surface area contributed by atoms with Gasteiger partial charge < -0.3 is 14.6 Å². The van der Waals surface area contributed by atoms with Crippen molar-refractivity contribution < 1.29 is 19.4 Å². The van der Waals surface area contributed by atoms with Crippen LogP contribution in [0, 0.1) is 47.3 Å². The molecular formula is C27H40O4. The predicted molar refractivity (Wildman–Crippen MR) is 122 cm³/mol. The Morgan fingerprint density at radius 3 is 1.97 bits per heavy atom. The average molecular weight is 429 g/mol. The van der Waals surface area contributed by atoms with Gasteiger partial charge in [0.05, 0.1) is 5.60 Å². The van der Waals surface area contributed by atoms with Gasteiger partial charge in [0.1, 0.15) is 11.5 Å². The van der Waals surface area contributed by atoms with Crippen LogP contribution in [0.15, 0.2) is 24.3 Å². The molecule has 1 N–H and O–H groups in total. The second-order valence-corrected chi connectivity index (χ2v) is 10.9. The zero-order chi connectivity index (χ0) is 22.3. The number of rotatable bonds is 5. The molecule has 8 unspecified atom stereocenters. The van der Waals surface area contributed by atoms with Crippen LogP contribution in [0.1, 0.15) is 58.9 Å². The number of hydrogen-bond donors (Lipinski definition) is 1. The molecule has 3 saturated carbocycles. The fourth-order valence-electron chi connectivity index (χ4n) is 7.61. The van der Waals surface area contributed by atoms with Gasteiger partial charge in [0.15, 0.2) is 6.79 Å². The molecule has 0 amide bonds. The first-order valence-electron chi connectivity index (χ1n) is 12.2. The van der Waals surface area contributed by atoms with Crippen LogP contribution in [0.4, 0.5) is 0 Å². The first-order chi connectivity index (χ1) is 14.8. The van der Waals surface area contributed by atoms with E-state index in [0.717, 1.165) is 37.0 Å². The molecule has 8 atom stereocenters. The monoisotopic (exact) mass is 428 g/mol. The summed E-state index contributed by atoms with van der Waals surface area (Å²) < 4.78 is 11.0. The fraction of sp³-hybridized carbons (Fsp3) is 0.741. The first-order valence-corrected chi connectivity index (χ1v) is 12.2. The third-order valence-corrected chi connectivity index (χ3v) is 8.97. The lowest BCUT2D eigenvalue weighted by Crippen LogP contribution is -2.67. The number of carbonyl (C=O) groups excluding carboxylic acids is 1. The maximum atomic E-state index is 13.9. The number of fused-ring (bicyclic) bond motifs is 2. The Morgan fingerprint density at radius 2 is 1.42 bits per heavy atom. The minimum atomic E-state index is -0.905. The number of benzene rings is 1. The van der Waals surface area contributed by atoms with Gasteiger partial charge in [0.2, 0.25) is 0 Å². The molecule has 1 aromatic rings. The Morgan fingerprint density at radius 1 is 0.903 bits per heavy atom. The molecule has 0 radical (unpaired) electrons. The van der Waals surface area contributed by atoms with Crippen molar-refractivity contribution in [3.05, 3.63) is 29.8 Å². The summed E-state index contributed by atoms with van der Waals surface area (Å²) in [6.07, 6.45) is 4.87. The molecule has 1 aromatic carbocycles. The van der Waals surface area contributed by atoms with Crippen LogP contribution in [-0.4, -0.2) is 30.4 Å². The van der Waals surface area contributed by atoms with Crippen LogP contribution < -0.4 is 4.74 Å². The standard InChI is InChI=1S/C27H40O4/c1-16-10-12-18(3)24-22(16)26(28)23-17(2)11-13-19(4)25(23)27(24,29)14-20-8-6-7-9-21(20)31-15-30-5/h6-9,16-19,22-25,29H,10-15H2,1-5H3. The summed E-state index contributed by atoms with van der Waals surface area (Å²) in [5, 5.41) is 12.7. The Labute approximate surface area is 187 Å². The SMILES string of the molecule is COCOc1ccccc1CC1(O)C2C(C)CCC(C)C2C(=O)C2C(C)CCC(C)C21. The normalized spacial score (nSPS) is 42.6. The van der Waals surface area contributed by atoms with Gasteiger partial charge in [-0.1, -0.05) is 58.7 Å². The highest BCUT2D eigenvalue weighted by Crippen LogP contribution is 2.60. The van der Waals surface area contributed by atoms with E-state index in [-0.39, 0.29) is 30.5 Å². The lowest BCUT2D eigenvalue weighted by atomic mass is 9.44. The molecule has 3 aliphatic rings. The molecule has 0 bridgehead atoms. The predicted octanol–water partition coefficient (Wildman–Crippen LogP) is 5.12. The molecule has 4 nitrogen and oxygen atoms in total. The van der Waals surface area contributed by atoms with Gasteiger partial charge in [-0.2, -0.15) is 0 Å². The summed E-state index contributed by atoms with van der Waals surface area (Å²) in [4.78, 5) is 13.9. The smallest absolute Gasteiger partial charge is 0.188 e. The van der Waals surface area contributed by atoms with E-state index in [4.69, 9.17) is 9.47 Å². The molecule has 3 fully saturated rings. The largest absolute Gasteiger partial charge is 0.467 e. The molecule has 0 aromatic heterocycles. The zero-order valence-electron chi connectivity index (χ0n) is 19.8. The third kappa shape index (κ3) is 3.84. The number of Topliss-reactive ketones (excluding diaryl/α,β-unsaturated/α-hetero) is 1. The van der Waals surface area contributed by atoms with E-state index < -0.39 is 5.60 Å². The Hall–Kier alpha value is -1.39. The number of aliphatic hydroxyl groups is 1. The maximum Gasteiger partial charge on any atom is 0.188 e. The minimum Gasteiger partial charge on any atom is -0.467 e. The molecule has 4 heteroatoms. The number of methoxy groups -OCH3 is 1. The maximum absolute atomic E-state index is 13.9. The number of ketones is 1. The van der Waals surface area contributed by atoms with Gasteiger partial charge in [-0.3, -0.25) is 4.79 Å². The van der Waals surface area contributed by atoms with Gasteiger partial charge >= 0.3 is 0 Å². The van der Waals surface area contributed by atoms with Crippen molar-refractivity contribution in [2.45, 2.75) is 65.4 Å². The zero-order valence-corrected chi connectivity index (χ0v) is 19.8. The Kier molecular flexibility index (Phi) is 6.52. The van der Waals surface area contributed by atoms with Crippen LogP contribution in [0.3, 0.4) is 0 Å². The van der Waals surface area contributed by atoms with E-state index in [2.05, 4.69) is 33.8 Å². The van der Waals surface area contributed by atoms with Crippen LogP contribution in [0.2, 0.25) is 0 Å². The van der Waals surface area contributed by atoms with Crippen molar-refractivity contribution in [3.63, 3.8) is 0 Å². The quantitative estimate of drug-likeness (QED) is 0.661. The Balaban J connectivity index is 1.81. The van der Waals surface area contributed by atoms with Gasteiger partial charge in [-0.25, -0.2) is 0 Å². The lowest BCUT2D eigenvalue weighted by molar-refractivity contribution is -0.205. The highest BCUT2D eigenvalue weighted by Gasteiger charge is 2.64. The van der Waals surface area contributed by atoms with Gasteiger partial charge in [-0.15, -0.1) is 0 Å². The van der Waals surface area contributed by atoms with Crippen LogP contribution in [0.25, 0.3) is 0 Å². The van der Waals surface area contributed by atoms with Gasteiger partial charge in [-0.05, 0) is 48.1 Å². The highest BCUT2D eigenvalue weighted by atomic mass is 16.7. The van der Waals surface area contributed by atoms with Crippen LogP contribution in [0.5, 0.6) is 5.75 Å². The minimum absolute atomic E-state index is 0.00762.